The molecule has 104 valence electrons. The van der Waals surface area contributed by atoms with Gasteiger partial charge in [0.1, 0.15) is 5.65 Å². The molecule has 0 aliphatic heterocycles. The minimum Gasteiger partial charge on any atom is -0.306 e. The molecule has 0 atom stereocenters. The Balaban J connectivity index is 2.48. The lowest BCUT2D eigenvalue weighted by atomic mass is 10.3. The fourth-order valence-electron chi connectivity index (χ4n) is 1.78. The van der Waals surface area contributed by atoms with E-state index in [-0.39, 0.29) is 10.8 Å². The van der Waals surface area contributed by atoms with Crippen LogP contribution >= 0.6 is 0 Å². The van der Waals surface area contributed by atoms with Crippen molar-refractivity contribution in [3.63, 3.8) is 0 Å². The molecule has 7 nitrogen and oxygen atoms in total. The molecule has 0 aromatic carbocycles. The molecule has 0 amide bonds. The van der Waals surface area contributed by atoms with Gasteiger partial charge in [0.25, 0.3) is 10.0 Å². The van der Waals surface area contributed by atoms with E-state index in [2.05, 4.69) is 15.1 Å². The predicted molar refractivity (Wildman–Crippen MR) is 73.1 cm³/mol. The summed E-state index contributed by atoms with van der Waals surface area (Å²) < 4.78 is 28.6. The van der Waals surface area contributed by atoms with Crippen LogP contribution in [0.5, 0.6) is 0 Å². The number of sulfonamides is 1. The SMILES string of the molecule is CCCCNS(=O)(=O)c1c(NN)nc2ccccn12. The summed E-state index contributed by atoms with van der Waals surface area (Å²) in [7, 11) is -3.65. The van der Waals surface area contributed by atoms with E-state index in [1.54, 1.807) is 24.4 Å². The van der Waals surface area contributed by atoms with Crippen LogP contribution in [-0.2, 0) is 10.0 Å². The third-order valence-corrected chi connectivity index (χ3v) is 4.18. The molecule has 0 saturated carbocycles. The Morgan fingerprint density at radius 2 is 2.21 bits per heavy atom. The highest BCUT2D eigenvalue weighted by Crippen LogP contribution is 2.21. The molecule has 0 radical (unpaired) electrons. The van der Waals surface area contributed by atoms with Crippen LogP contribution in [0.25, 0.3) is 5.65 Å². The van der Waals surface area contributed by atoms with Crippen LogP contribution in [0.2, 0.25) is 0 Å². The minimum absolute atomic E-state index is 0.0294. The maximum absolute atomic E-state index is 12.3. The summed E-state index contributed by atoms with van der Waals surface area (Å²) in [5.74, 6) is 5.48. The zero-order valence-corrected chi connectivity index (χ0v) is 11.4. The lowest BCUT2D eigenvalue weighted by Gasteiger charge is -2.07. The van der Waals surface area contributed by atoms with Gasteiger partial charge in [0.05, 0.1) is 0 Å². The van der Waals surface area contributed by atoms with Gasteiger partial charge in [0, 0.05) is 12.7 Å². The van der Waals surface area contributed by atoms with Crippen LogP contribution < -0.4 is 16.0 Å². The number of rotatable bonds is 6. The van der Waals surface area contributed by atoms with Crippen LogP contribution in [0, 0.1) is 0 Å². The number of nitrogens with two attached hydrogens (primary N) is 1. The second-order valence-electron chi connectivity index (χ2n) is 4.09. The van der Waals surface area contributed by atoms with Crippen molar-refractivity contribution in [1.29, 1.82) is 0 Å². The molecule has 2 heterocycles. The molecule has 0 bridgehead atoms. The van der Waals surface area contributed by atoms with Gasteiger partial charge < -0.3 is 5.43 Å². The second-order valence-corrected chi connectivity index (χ2v) is 5.77. The van der Waals surface area contributed by atoms with Gasteiger partial charge in [-0.05, 0) is 18.6 Å². The van der Waals surface area contributed by atoms with Gasteiger partial charge >= 0.3 is 0 Å². The summed E-state index contributed by atoms with van der Waals surface area (Å²) in [6.45, 7) is 2.39. The quantitative estimate of drug-likeness (QED) is 0.411. The maximum Gasteiger partial charge on any atom is 0.260 e. The number of unbranched alkanes of at least 4 members (excludes halogenated alkanes) is 1. The van der Waals surface area contributed by atoms with E-state index >= 15 is 0 Å². The van der Waals surface area contributed by atoms with Crippen molar-refractivity contribution in [2.45, 2.75) is 24.8 Å². The molecule has 0 fully saturated rings. The largest absolute Gasteiger partial charge is 0.306 e. The Hall–Kier alpha value is -1.64. The van der Waals surface area contributed by atoms with Gasteiger partial charge in [-0.1, -0.05) is 19.4 Å². The number of imidazole rings is 1. The molecule has 19 heavy (non-hydrogen) atoms. The summed E-state index contributed by atoms with van der Waals surface area (Å²) in [5.41, 5.74) is 2.85. The first-order valence-corrected chi connectivity index (χ1v) is 7.52. The van der Waals surface area contributed by atoms with Crippen LogP contribution in [0.3, 0.4) is 0 Å². The number of hydrogen-bond acceptors (Lipinski definition) is 5. The van der Waals surface area contributed by atoms with Gasteiger partial charge in [-0.2, -0.15) is 0 Å². The van der Waals surface area contributed by atoms with Crippen molar-refractivity contribution >= 4 is 21.5 Å². The number of nitrogens with zero attached hydrogens (tertiary/aromatic N) is 2. The Bertz CT molecular complexity index is 665. The molecule has 2 rings (SSSR count). The molecular formula is C11H17N5O2S. The molecule has 2 aromatic heterocycles. The lowest BCUT2D eigenvalue weighted by Crippen LogP contribution is -2.27. The number of aromatic nitrogens is 2. The molecule has 0 aliphatic carbocycles. The number of anilines is 1. The van der Waals surface area contributed by atoms with E-state index < -0.39 is 10.0 Å². The average molecular weight is 283 g/mol. The fraction of sp³-hybridized carbons (Fsp3) is 0.364. The van der Waals surface area contributed by atoms with Crippen LogP contribution in [-0.4, -0.2) is 24.3 Å². The highest BCUT2D eigenvalue weighted by atomic mass is 32.2. The number of hydrazine groups is 1. The highest BCUT2D eigenvalue weighted by molar-refractivity contribution is 7.89. The molecule has 0 spiro atoms. The van der Waals surface area contributed by atoms with Crippen LogP contribution in [0.1, 0.15) is 19.8 Å². The van der Waals surface area contributed by atoms with Crippen molar-refractivity contribution in [3.8, 4) is 0 Å². The van der Waals surface area contributed by atoms with Crippen LogP contribution in [0.15, 0.2) is 29.4 Å². The average Bonchev–Trinajstić information content (AvgIpc) is 2.78. The number of hydrogen-bond donors (Lipinski definition) is 3. The zero-order valence-electron chi connectivity index (χ0n) is 10.6. The zero-order chi connectivity index (χ0) is 13.9. The Kier molecular flexibility index (Phi) is 4.03. The smallest absolute Gasteiger partial charge is 0.260 e. The molecule has 0 saturated heterocycles. The summed E-state index contributed by atoms with van der Waals surface area (Å²) in [6.07, 6.45) is 3.33. The number of nitrogen functional groups attached to an aromatic ring is 1. The van der Waals surface area contributed by atoms with E-state index in [0.717, 1.165) is 12.8 Å². The summed E-state index contributed by atoms with van der Waals surface area (Å²) >= 11 is 0. The van der Waals surface area contributed by atoms with Crippen molar-refractivity contribution in [3.05, 3.63) is 24.4 Å². The Morgan fingerprint density at radius 3 is 2.89 bits per heavy atom. The van der Waals surface area contributed by atoms with Gasteiger partial charge in [0.2, 0.25) is 0 Å². The minimum atomic E-state index is -3.65. The van der Waals surface area contributed by atoms with Crippen molar-refractivity contribution in [1.82, 2.24) is 14.1 Å². The molecule has 2 aromatic rings. The van der Waals surface area contributed by atoms with Gasteiger partial charge in [0.15, 0.2) is 10.8 Å². The number of fused-ring (bicyclic) bond motifs is 1. The standard InChI is InChI=1S/C11H17N5O2S/c1-2-3-7-13-19(17,18)11-10(15-12)14-9-6-4-5-8-16(9)11/h4-6,8,13,15H,2-3,7,12H2,1H3. The summed E-state index contributed by atoms with van der Waals surface area (Å²) in [6, 6.07) is 5.23. The van der Waals surface area contributed by atoms with E-state index in [0.29, 0.717) is 12.2 Å². The van der Waals surface area contributed by atoms with Gasteiger partial charge in [-0.3, -0.25) is 4.40 Å². The lowest BCUT2D eigenvalue weighted by molar-refractivity contribution is 0.574. The maximum atomic E-state index is 12.3. The normalized spacial score (nSPS) is 11.9. The highest BCUT2D eigenvalue weighted by Gasteiger charge is 2.24. The van der Waals surface area contributed by atoms with Crippen LogP contribution in [0.4, 0.5) is 5.82 Å². The van der Waals surface area contributed by atoms with E-state index in [9.17, 15) is 8.42 Å². The number of nitrogens with one attached hydrogen (secondary N) is 2. The Morgan fingerprint density at radius 1 is 1.42 bits per heavy atom. The first kappa shape index (κ1) is 13.8. The third-order valence-electron chi connectivity index (χ3n) is 2.70. The monoisotopic (exact) mass is 283 g/mol. The Labute approximate surface area is 111 Å². The molecule has 0 unspecified atom stereocenters. The molecule has 0 aliphatic rings. The van der Waals surface area contributed by atoms with Gasteiger partial charge in [-0.25, -0.2) is 24.0 Å². The summed E-state index contributed by atoms with van der Waals surface area (Å²) in [5, 5.41) is 0.0294. The van der Waals surface area contributed by atoms with E-state index in [1.807, 2.05) is 6.92 Å². The molecule has 4 N–H and O–H groups in total. The molecular weight excluding hydrogens is 266 g/mol. The first-order valence-electron chi connectivity index (χ1n) is 6.03. The van der Waals surface area contributed by atoms with Crippen molar-refractivity contribution in [2.24, 2.45) is 5.84 Å². The fourth-order valence-corrected chi connectivity index (χ4v) is 3.10. The van der Waals surface area contributed by atoms with Gasteiger partial charge in [-0.15, -0.1) is 0 Å². The van der Waals surface area contributed by atoms with Crippen molar-refractivity contribution in [2.75, 3.05) is 12.0 Å². The van der Waals surface area contributed by atoms with E-state index in [4.69, 9.17) is 5.84 Å². The second kappa shape index (κ2) is 5.55. The predicted octanol–water partition coefficient (Wildman–Crippen LogP) is 0.698. The number of pyridine rings is 1. The van der Waals surface area contributed by atoms with E-state index in [1.165, 1.54) is 4.40 Å². The van der Waals surface area contributed by atoms with Crippen molar-refractivity contribution < 1.29 is 8.42 Å². The summed E-state index contributed by atoms with van der Waals surface area (Å²) in [4.78, 5) is 4.13. The third kappa shape index (κ3) is 2.70. The topological polar surface area (TPSA) is 102 Å². The first-order chi connectivity index (χ1) is 9.10. The molecule has 8 heteroatoms.